The van der Waals surface area contributed by atoms with Gasteiger partial charge in [0.25, 0.3) is 0 Å². The fraction of sp³-hybridized carbons (Fsp3) is 0.615. The summed E-state index contributed by atoms with van der Waals surface area (Å²) in [5.41, 5.74) is 1.33. The van der Waals surface area contributed by atoms with E-state index in [0.29, 0.717) is 0 Å². The number of aromatic nitrogens is 1. The number of unbranched alkanes of at least 4 members (excludes halogenated alkanes) is 1. The predicted octanol–water partition coefficient (Wildman–Crippen LogP) is 1.95. The molecule has 1 aromatic rings. The Hall–Kier alpha value is -0.360. The molecule has 18 heavy (non-hydrogen) atoms. The Morgan fingerprint density at radius 2 is 2.00 bits per heavy atom. The van der Waals surface area contributed by atoms with Gasteiger partial charge in [-0.2, -0.15) is 0 Å². The molecule has 2 heterocycles. The van der Waals surface area contributed by atoms with E-state index in [9.17, 15) is 0 Å². The van der Waals surface area contributed by atoms with Gasteiger partial charge in [0.15, 0.2) is 0 Å². The Bertz CT molecular complexity index is 383. The van der Waals surface area contributed by atoms with Crippen LogP contribution in [0.15, 0.2) is 24.5 Å². The summed E-state index contributed by atoms with van der Waals surface area (Å²) in [6, 6.07) is 4.18. The van der Waals surface area contributed by atoms with Crippen LogP contribution in [-0.2, 0) is 27.2 Å². The molecule has 1 saturated heterocycles. The van der Waals surface area contributed by atoms with E-state index in [1.165, 1.54) is 24.9 Å². The molecule has 1 aromatic heterocycles. The van der Waals surface area contributed by atoms with Crippen molar-refractivity contribution in [3.63, 3.8) is 0 Å². The number of hydrogen-bond acceptors (Lipinski definition) is 4. The minimum absolute atomic E-state index is 0.0921. The smallest absolute Gasteiger partial charge is 0.0525 e. The summed E-state index contributed by atoms with van der Waals surface area (Å²) in [7, 11) is 0.0921. The summed E-state index contributed by atoms with van der Waals surface area (Å²) >= 11 is 5.54. The Balaban J connectivity index is 1.90. The SMILES string of the molecule is CCCCN1CN(Cc2ccncc2)CS(=S)C1. The second-order valence-electron chi connectivity index (χ2n) is 4.77. The molecule has 0 bridgehead atoms. The Morgan fingerprint density at radius 3 is 2.72 bits per heavy atom. The summed E-state index contributed by atoms with van der Waals surface area (Å²) in [4.78, 5) is 9.03. The summed E-state index contributed by atoms with van der Waals surface area (Å²) in [6.45, 7) is 5.48. The van der Waals surface area contributed by atoms with E-state index in [1.807, 2.05) is 12.4 Å². The van der Waals surface area contributed by atoms with Gasteiger partial charge in [-0.1, -0.05) is 22.8 Å². The zero-order valence-corrected chi connectivity index (χ0v) is 12.6. The Labute approximate surface area is 117 Å². The molecule has 0 radical (unpaired) electrons. The van der Waals surface area contributed by atoms with E-state index in [4.69, 9.17) is 11.2 Å². The Morgan fingerprint density at radius 1 is 1.28 bits per heavy atom. The first-order valence-corrected chi connectivity index (χ1v) is 8.95. The zero-order valence-electron chi connectivity index (χ0n) is 10.9. The van der Waals surface area contributed by atoms with Crippen LogP contribution < -0.4 is 0 Å². The third kappa shape index (κ3) is 4.39. The molecule has 1 fully saturated rings. The average Bonchev–Trinajstić information content (AvgIpc) is 2.37. The first-order chi connectivity index (χ1) is 8.78. The molecule has 1 atom stereocenters. The highest BCUT2D eigenvalue weighted by Gasteiger charge is 2.19. The molecule has 0 spiro atoms. The molecule has 5 heteroatoms. The molecule has 0 aliphatic carbocycles. The fourth-order valence-corrected chi connectivity index (χ4v) is 4.35. The van der Waals surface area contributed by atoms with Gasteiger partial charge in [-0.25, -0.2) is 0 Å². The van der Waals surface area contributed by atoms with Gasteiger partial charge in [0.1, 0.15) is 0 Å². The van der Waals surface area contributed by atoms with E-state index in [-0.39, 0.29) is 9.45 Å². The van der Waals surface area contributed by atoms with Crippen molar-refractivity contribution in [3.05, 3.63) is 30.1 Å². The zero-order chi connectivity index (χ0) is 12.8. The quantitative estimate of drug-likeness (QED) is 0.822. The minimum atomic E-state index is 0.0921. The van der Waals surface area contributed by atoms with Gasteiger partial charge < -0.3 is 0 Å². The number of hydrogen-bond donors (Lipinski definition) is 0. The summed E-state index contributed by atoms with van der Waals surface area (Å²) < 4.78 is 0. The number of rotatable bonds is 5. The van der Waals surface area contributed by atoms with Crippen LogP contribution in [0.4, 0.5) is 0 Å². The third-order valence-electron chi connectivity index (χ3n) is 3.04. The molecular formula is C13H21N3S2. The van der Waals surface area contributed by atoms with E-state index in [0.717, 1.165) is 25.0 Å². The summed E-state index contributed by atoms with van der Waals surface area (Å²) in [5, 5.41) is 0. The molecule has 1 aliphatic rings. The second kappa shape index (κ2) is 7.28. The number of pyridine rings is 1. The molecule has 0 N–H and O–H groups in total. The van der Waals surface area contributed by atoms with Gasteiger partial charge in [0, 0.05) is 25.5 Å². The third-order valence-corrected chi connectivity index (χ3v) is 4.98. The van der Waals surface area contributed by atoms with Gasteiger partial charge in [0.05, 0.1) is 18.4 Å². The summed E-state index contributed by atoms with van der Waals surface area (Å²) in [5.74, 6) is 2.16. The van der Waals surface area contributed by atoms with Crippen molar-refractivity contribution in [1.82, 2.24) is 14.8 Å². The molecule has 0 aromatic carbocycles. The van der Waals surface area contributed by atoms with Gasteiger partial charge in [-0.3, -0.25) is 14.8 Å². The van der Waals surface area contributed by atoms with Crippen molar-refractivity contribution in [3.8, 4) is 0 Å². The fourth-order valence-electron chi connectivity index (χ4n) is 2.17. The average molecular weight is 283 g/mol. The predicted molar refractivity (Wildman–Crippen MR) is 80.7 cm³/mol. The normalized spacial score (nSPS) is 22.2. The van der Waals surface area contributed by atoms with Gasteiger partial charge in [0.2, 0.25) is 0 Å². The van der Waals surface area contributed by atoms with Crippen LogP contribution >= 0.6 is 0 Å². The minimum Gasteiger partial charge on any atom is -0.281 e. The molecule has 1 aliphatic heterocycles. The maximum absolute atomic E-state index is 5.54. The lowest BCUT2D eigenvalue weighted by Crippen LogP contribution is -2.47. The molecule has 2 rings (SSSR count). The van der Waals surface area contributed by atoms with Gasteiger partial charge in [-0.15, -0.1) is 0 Å². The largest absolute Gasteiger partial charge is 0.281 e. The van der Waals surface area contributed by atoms with E-state index in [1.54, 1.807) is 0 Å². The van der Waals surface area contributed by atoms with Crippen LogP contribution in [0, 0.1) is 0 Å². The van der Waals surface area contributed by atoms with Crippen LogP contribution in [0.1, 0.15) is 25.3 Å². The maximum Gasteiger partial charge on any atom is 0.0525 e. The van der Waals surface area contributed by atoms with Crippen LogP contribution in [0.2, 0.25) is 0 Å². The lowest BCUT2D eigenvalue weighted by atomic mass is 10.2. The van der Waals surface area contributed by atoms with Gasteiger partial charge in [-0.05, 0) is 35.3 Å². The standard InChI is InChI=1S/C13H21N3S2/c1-2-3-8-15-10-16(12-18(17)11-15)9-13-4-6-14-7-5-13/h4-7H,2-3,8-12H2,1H3. The topological polar surface area (TPSA) is 19.4 Å². The van der Waals surface area contributed by atoms with Crippen molar-refractivity contribution in [1.29, 1.82) is 0 Å². The first kappa shape index (κ1) is 14.1. The number of nitrogens with zero attached hydrogens (tertiary/aromatic N) is 3. The van der Waals surface area contributed by atoms with Crippen LogP contribution in [0.25, 0.3) is 0 Å². The second-order valence-corrected chi connectivity index (χ2v) is 7.58. The lowest BCUT2D eigenvalue weighted by molar-refractivity contribution is 0.149. The van der Waals surface area contributed by atoms with Crippen molar-refractivity contribution < 1.29 is 0 Å². The van der Waals surface area contributed by atoms with Gasteiger partial charge >= 0.3 is 0 Å². The lowest BCUT2D eigenvalue weighted by Gasteiger charge is -2.36. The highest BCUT2D eigenvalue weighted by molar-refractivity contribution is 8.28. The molecule has 0 amide bonds. The van der Waals surface area contributed by atoms with E-state index < -0.39 is 0 Å². The molecule has 3 nitrogen and oxygen atoms in total. The highest BCUT2D eigenvalue weighted by atomic mass is 32.8. The van der Waals surface area contributed by atoms with Crippen LogP contribution in [0.3, 0.4) is 0 Å². The summed E-state index contributed by atoms with van der Waals surface area (Å²) in [6.07, 6.45) is 6.25. The Kier molecular flexibility index (Phi) is 5.69. The highest BCUT2D eigenvalue weighted by Crippen LogP contribution is 2.12. The van der Waals surface area contributed by atoms with E-state index in [2.05, 4.69) is 33.8 Å². The van der Waals surface area contributed by atoms with Crippen molar-refractivity contribution in [2.75, 3.05) is 25.0 Å². The molecule has 1 unspecified atom stereocenters. The maximum atomic E-state index is 5.54. The van der Waals surface area contributed by atoms with E-state index >= 15 is 0 Å². The van der Waals surface area contributed by atoms with Crippen molar-refractivity contribution >= 4 is 20.6 Å². The first-order valence-electron chi connectivity index (χ1n) is 6.46. The molecule has 0 saturated carbocycles. The monoisotopic (exact) mass is 283 g/mol. The van der Waals surface area contributed by atoms with Crippen molar-refractivity contribution in [2.45, 2.75) is 26.3 Å². The molecule has 100 valence electrons. The van der Waals surface area contributed by atoms with Crippen LogP contribution in [-0.4, -0.2) is 39.8 Å². The van der Waals surface area contributed by atoms with Crippen LogP contribution in [0.5, 0.6) is 0 Å². The molecular weight excluding hydrogens is 262 g/mol. The van der Waals surface area contributed by atoms with Crippen molar-refractivity contribution in [2.24, 2.45) is 0 Å².